The van der Waals surface area contributed by atoms with Crippen molar-refractivity contribution in [3.8, 4) is 5.75 Å². The minimum atomic E-state index is -0.387. The van der Waals surface area contributed by atoms with E-state index in [9.17, 15) is 14.0 Å². The monoisotopic (exact) mass is 421 g/mol. The van der Waals surface area contributed by atoms with Gasteiger partial charge in [-0.2, -0.15) is 0 Å². The number of piperazine rings is 1. The Morgan fingerprint density at radius 3 is 2.79 bits per heavy atom. The lowest BCUT2D eigenvalue weighted by Crippen LogP contribution is -2.51. The summed E-state index contributed by atoms with van der Waals surface area (Å²) in [4.78, 5) is 26.7. The van der Waals surface area contributed by atoms with Crippen molar-refractivity contribution in [1.29, 1.82) is 0 Å². The molecule has 29 heavy (non-hydrogen) atoms. The smallest absolute Gasteiger partial charge is 0.242 e. The van der Waals surface area contributed by atoms with E-state index >= 15 is 0 Å². The van der Waals surface area contributed by atoms with Gasteiger partial charge in [-0.05, 0) is 23.8 Å². The van der Waals surface area contributed by atoms with E-state index < -0.39 is 0 Å². The molecular weight excluding hydrogens is 397 g/mol. The van der Waals surface area contributed by atoms with E-state index in [0.717, 1.165) is 11.3 Å². The molecule has 0 saturated carbocycles. The van der Waals surface area contributed by atoms with Crippen LogP contribution in [-0.2, 0) is 16.0 Å². The van der Waals surface area contributed by atoms with E-state index in [4.69, 9.17) is 4.74 Å². The highest BCUT2D eigenvalue weighted by atomic mass is 35.5. The second-order valence-electron chi connectivity index (χ2n) is 6.63. The maximum Gasteiger partial charge on any atom is 0.242 e. The Balaban J connectivity index is 0.00000300. The summed E-state index contributed by atoms with van der Waals surface area (Å²) in [6.07, 6.45) is 0.0303. The van der Waals surface area contributed by atoms with E-state index in [1.165, 1.54) is 12.1 Å². The fraction of sp³-hybridized carbons (Fsp3) is 0.333. The Bertz CT molecular complexity index is 849. The molecule has 1 unspecified atom stereocenters. The number of nitrogens with one attached hydrogen (secondary N) is 2. The number of hydrogen-bond donors (Lipinski definition) is 2. The summed E-state index contributed by atoms with van der Waals surface area (Å²) in [5.41, 5.74) is 1.50. The van der Waals surface area contributed by atoms with Crippen LogP contribution in [0.4, 0.5) is 4.39 Å². The van der Waals surface area contributed by atoms with Crippen molar-refractivity contribution in [2.24, 2.45) is 0 Å². The Hall–Kier alpha value is -2.64. The normalized spacial score (nSPS) is 15.9. The molecule has 1 aliphatic rings. The van der Waals surface area contributed by atoms with Gasteiger partial charge in [-0.25, -0.2) is 4.39 Å². The number of ether oxygens (including phenoxy) is 1. The second kappa shape index (κ2) is 10.8. The molecule has 2 aromatic carbocycles. The van der Waals surface area contributed by atoms with Crippen LogP contribution in [0.25, 0.3) is 0 Å². The third-order valence-electron chi connectivity index (χ3n) is 4.75. The number of carbonyl (C=O) groups excluding carboxylic acids is 2. The molecule has 8 heteroatoms. The zero-order chi connectivity index (χ0) is 19.9. The maximum absolute atomic E-state index is 13.2. The van der Waals surface area contributed by atoms with Crippen LogP contribution < -0.4 is 15.4 Å². The van der Waals surface area contributed by atoms with Crippen LogP contribution in [0.5, 0.6) is 5.75 Å². The SMILES string of the molecule is COc1ccccc1C1CNCCN1C(=O)CNC(=O)Cc1cccc(F)c1.Cl. The fourth-order valence-corrected chi connectivity index (χ4v) is 3.39. The first kappa shape index (κ1) is 22.6. The molecule has 0 aromatic heterocycles. The highest BCUT2D eigenvalue weighted by molar-refractivity contribution is 5.86. The summed E-state index contributed by atoms with van der Waals surface area (Å²) < 4.78 is 18.7. The number of carbonyl (C=O) groups is 2. The first-order valence-electron chi connectivity index (χ1n) is 9.22. The summed E-state index contributed by atoms with van der Waals surface area (Å²) in [7, 11) is 1.61. The number of nitrogens with zero attached hydrogens (tertiary/aromatic N) is 1. The minimum absolute atomic E-state index is 0. The van der Waals surface area contributed by atoms with E-state index in [1.54, 1.807) is 24.1 Å². The Kier molecular flexibility index (Phi) is 8.42. The van der Waals surface area contributed by atoms with Crippen molar-refractivity contribution in [2.45, 2.75) is 12.5 Å². The quantitative estimate of drug-likeness (QED) is 0.749. The van der Waals surface area contributed by atoms with E-state index in [2.05, 4.69) is 10.6 Å². The zero-order valence-corrected chi connectivity index (χ0v) is 17.0. The van der Waals surface area contributed by atoms with Gasteiger partial charge in [-0.3, -0.25) is 9.59 Å². The van der Waals surface area contributed by atoms with Crippen LogP contribution in [0, 0.1) is 5.82 Å². The number of rotatable bonds is 6. The van der Waals surface area contributed by atoms with Gasteiger partial charge in [0.15, 0.2) is 0 Å². The topological polar surface area (TPSA) is 70.7 Å². The lowest BCUT2D eigenvalue weighted by molar-refractivity contribution is -0.135. The van der Waals surface area contributed by atoms with Gasteiger partial charge in [0.05, 0.1) is 26.1 Å². The third kappa shape index (κ3) is 5.92. The molecule has 1 fully saturated rings. The molecule has 1 aliphatic heterocycles. The molecule has 1 atom stereocenters. The molecule has 156 valence electrons. The minimum Gasteiger partial charge on any atom is -0.496 e. The van der Waals surface area contributed by atoms with E-state index in [0.29, 0.717) is 25.2 Å². The van der Waals surface area contributed by atoms with Gasteiger partial charge in [0, 0.05) is 25.2 Å². The van der Waals surface area contributed by atoms with Crippen molar-refractivity contribution < 1.29 is 18.7 Å². The molecule has 1 heterocycles. The summed E-state index contributed by atoms with van der Waals surface area (Å²) in [6, 6.07) is 13.3. The van der Waals surface area contributed by atoms with Crippen molar-refractivity contribution in [2.75, 3.05) is 33.3 Å². The highest BCUT2D eigenvalue weighted by Crippen LogP contribution is 2.30. The number of halogens is 2. The van der Waals surface area contributed by atoms with Gasteiger partial charge in [-0.15, -0.1) is 12.4 Å². The molecule has 2 N–H and O–H groups in total. The summed E-state index contributed by atoms with van der Waals surface area (Å²) in [5.74, 6) is -0.140. The first-order chi connectivity index (χ1) is 13.6. The zero-order valence-electron chi connectivity index (χ0n) is 16.2. The lowest BCUT2D eigenvalue weighted by Gasteiger charge is -2.37. The van der Waals surface area contributed by atoms with Crippen LogP contribution in [-0.4, -0.2) is 50.0 Å². The average Bonchev–Trinajstić information content (AvgIpc) is 2.72. The Morgan fingerprint density at radius 2 is 2.03 bits per heavy atom. The predicted octanol–water partition coefficient (Wildman–Crippen LogP) is 2.09. The standard InChI is InChI=1S/C21H24FN3O3.ClH/c1-28-19-8-3-2-7-17(19)18-13-23-9-10-25(18)21(27)14-24-20(26)12-15-5-4-6-16(22)11-15;/h2-8,11,18,23H,9-10,12-14H2,1H3,(H,24,26);1H. The number of hydrogen-bond acceptors (Lipinski definition) is 4. The molecule has 1 saturated heterocycles. The predicted molar refractivity (Wildman–Crippen MR) is 111 cm³/mol. The van der Waals surface area contributed by atoms with Crippen molar-refractivity contribution >= 4 is 24.2 Å². The summed E-state index contributed by atoms with van der Waals surface area (Å²) >= 11 is 0. The van der Waals surface area contributed by atoms with Gasteiger partial charge in [0.1, 0.15) is 11.6 Å². The largest absolute Gasteiger partial charge is 0.496 e. The van der Waals surface area contributed by atoms with Gasteiger partial charge < -0.3 is 20.3 Å². The van der Waals surface area contributed by atoms with E-state index in [1.807, 2.05) is 24.3 Å². The molecule has 0 aliphatic carbocycles. The van der Waals surface area contributed by atoms with Gasteiger partial charge >= 0.3 is 0 Å². The lowest BCUT2D eigenvalue weighted by atomic mass is 10.0. The molecule has 2 amide bonds. The fourth-order valence-electron chi connectivity index (χ4n) is 3.39. The number of amides is 2. The molecule has 3 rings (SSSR count). The highest BCUT2D eigenvalue weighted by Gasteiger charge is 2.29. The molecule has 2 aromatic rings. The number of para-hydroxylation sites is 1. The van der Waals surface area contributed by atoms with Crippen molar-refractivity contribution in [3.63, 3.8) is 0 Å². The number of methoxy groups -OCH3 is 1. The first-order valence-corrected chi connectivity index (χ1v) is 9.22. The molecular formula is C21H25ClFN3O3. The maximum atomic E-state index is 13.2. The molecule has 0 spiro atoms. The Labute approximate surface area is 175 Å². The molecule has 0 bridgehead atoms. The second-order valence-corrected chi connectivity index (χ2v) is 6.63. The third-order valence-corrected chi connectivity index (χ3v) is 4.75. The van der Waals surface area contributed by atoms with E-state index in [-0.39, 0.29) is 49.0 Å². The molecule has 0 radical (unpaired) electrons. The van der Waals surface area contributed by atoms with Crippen LogP contribution in [0.1, 0.15) is 17.2 Å². The van der Waals surface area contributed by atoms with Crippen LogP contribution in [0.2, 0.25) is 0 Å². The Morgan fingerprint density at radius 1 is 1.24 bits per heavy atom. The summed E-state index contributed by atoms with van der Waals surface area (Å²) in [5, 5.41) is 5.94. The van der Waals surface area contributed by atoms with Crippen LogP contribution in [0.15, 0.2) is 48.5 Å². The van der Waals surface area contributed by atoms with Gasteiger partial charge in [0.2, 0.25) is 11.8 Å². The van der Waals surface area contributed by atoms with Gasteiger partial charge in [0.25, 0.3) is 0 Å². The average molecular weight is 422 g/mol. The van der Waals surface area contributed by atoms with Crippen molar-refractivity contribution in [3.05, 3.63) is 65.5 Å². The molecule has 6 nitrogen and oxygen atoms in total. The van der Waals surface area contributed by atoms with Crippen LogP contribution in [0.3, 0.4) is 0 Å². The van der Waals surface area contributed by atoms with Crippen molar-refractivity contribution in [1.82, 2.24) is 15.5 Å². The van der Waals surface area contributed by atoms with Gasteiger partial charge in [-0.1, -0.05) is 30.3 Å². The summed E-state index contributed by atoms with van der Waals surface area (Å²) in [6.45, 7) is 1.75. The van der Waals surface area contributed by atoms with Crippen LogP contribution >= 0.6 is 12.4 Å². The number of benzene rings is 2.